The molecule has 166 valence electrons. The summed E-state index contributed by atoms with van der Waals surface area (Å²) in [7, 11) is 0. The third kappa shape index (κ3) is 6.06. The SMILES string of the molecule is O=C(NCCCN1CCc2ccccc2C1)C1CCN(Cc2ccc(Cl)cc2F)CC1. The van der Waals surface area contributed by atoms with Crippen LogP contribution in [0.25, 0.3) is 0 Å². The third-order valence-corrected chi connectivity index (χ3v) is 6.76. The lowest BCUT2D eigenvalue weighted by Gasteiger charge is -2.31. The summed E-state index contributed by atoms with van der Waals surface area (Å²) in [5, 5.41) is 3.55. The number of carbonyl (C=O) groups excluding carboxylic acids is 1. The minimum Gasteiger partial charge on any atom is -0.356 e. The zero-order chi connectivity index (χ0) is 21.6. The molecule has 2 aliphatic heterocycles. The molecule has 1 N–H and O–H groups in total. The fraction of sp³-hybridized carbons (Fsp3) is 0.480. The maximum absolute atomic E-state index is 14.0. The lowest BCUT2D eigenvalue weighted by atomic mass is 9.95. The average molecular weight is 444 g/mol. The van der Waals surface area contributed by atoms with Gasteiger partial charge in [-0.2, -0.15) is 0 Å². The van der Waals surface area contributed by atoms with Crippen molar-refractivity contribution >= 4 is 17.5 Å². The first-order valence-electron chi connectivity index (χ1n) is 11.3. The first kappa shape index (κ1) is 22.3. The monoisotopic (exact) mass is 443 g/mol. The molecule has 1 fully saturated rings. The highest BCUT2D eigenvalue weighted by atomic mass is 35.5. The van der Waals surface area contributed by atoms with Crippen molar-refractivity contribution in [1.29, 1.82) is 0 Å². The molecule has 4 rings (SSSR count). The molecule has 0 aromatic heterocycles. The van der Waals surface area contributed by atoms with Crippen LogP contribution in [0.15, 0.2) is 42.5 Å². The molecule has 31 heavy (non-hydrogen) atoms. The highest BCUT2D eigenvalue weighted by Crippen LogP contribution is 2.22. The van der Waals surface area contributed by atoms with Crippen molar-refractivity contribution in [3.8, 4) is 0 Å². The molecule has 2 aromatic rings. The number of hydrogen-bond acceptors (Lipinski definition) is 3. The van der Waals surface area contributed by atoms with E-state index in [0.29, 0.717) is 17.1 Å². The molecule has 6 heteroatoms. The number of amides is 1. The number of hydrogen-bond donors (Lipinski definition) is 1. The number of likely N-dealkylation sites (tertiary alicyclic amines) is 1. The molecular weight excluding hydrogens is 413 g/mol. The van der Waals surface area contributed by atoms with Crippen LogP contribution < -0.4 is 5.32 Å². The second-order valence-corrected chi connectivity index (χ2v) is 9.16. The quantitative estimate of drug-likeness (QED) is 0.649. The van der Waals surface area contributed by atoms with Gasteiger partial charge in [-0.1, -0.05) is 41.9 Å². The first-order valence-corrected chi connectivity index (χ1v) is 11.7. The molecule has 0 unspecified atom stereocenters. The number of benzene rings is 2. The molecule has 1 amide bonds. The fourth-order valence-electron chi connectivity index (χ4n) is 4.65. The molecule has 2 heterocycles. The number of halogens is 2. The topological polar surface area (TPSA) is 35.6 Å². The van der Waals surface area contributed by atoms with E-state index in [9.17, 15) is 9.18 Å². The van der Waals surface area contributed by atoms with Gasteiger partial charge in [-0.15, -0.1) is 0 Å². The highest BCUT2D eigenvalue weighted by Gasteiger charge is 2.25. The molecule has 1 saturated heterocycles. The van der Waals surface area contributed by atoms with E-state index in [4.69, 9.17) is 11.6 Å². The van der Waals surface area contributed by atoms with E-state index >= 15 is 0 Å². The van der Waals surface area contributed by atoms with E-state index < -0.39 is 0 Å². The summed E-state index contributed by atoms with van der Waals surface area (Å²) in [4.78, 5) is 17.2. The van der Waals surface area contributed by atoms with Crippen molar-refractivity contribution in [1.82, 2.24) is 15.1 Å². The molecule has 4 nitrogen and oxygen atoms in total. The summed E-state index contributed by atoms with van der Waals surface area (Å²) in [6, 6.07) is 13.5. The van der Waals surface area contributed by atoms with Crippen molar-refractivity contribution in [3.05, 3.63) is 70.0 Å². The van der Waals surface area contributed by atoms with Gasteiger partial charge in [-0.05, 0) is 62.0 Å². The zero-order valence-electron chi connectivity index (χ0n) is 18.0. The standard InChI is InChI=1S/C25H31ClFN3O/c26-23-7-6-22(24(27)16-23)18-30-14-9-20(10-15-30)25(31)28-11-3-12-29-13-8-19-4-1-2-5-21(19)17-29/h1-2,4-7,16,20H,3,8-15,17-18H2,(H,28,31). The van der Waals surface area contributed by atoms with Crippen molar-refractivity contribution in [2.24, 2.45) is 5.92 Å². The van der Waals surface area contributed by atoms with Crippen molar-refractivity contribution in [2.45, 2.75) is 38.8 Å². The number of fused-ring (bicyclic) bond motifs is 1. The molecule has 0 atom stereocenters. The van der Waals surface area contributed by atoms with Gasteiger partial charge in [0.2, 0.25) is 5.91 Å². The summed E-state index contributed by atoms with van der Waals surface area (Å²) >= 11 is 5.83. The Bertz CT molecular complexity index is 898. The second kappa shape index (κ2) is 10.6. The number of nitrogens with zero attached hydrogens (tertiary/aromatic N) is 2. The maximum atomic E-state index is 14.0. The lowest BCUT2D eigenvalue weighted by molar-refractivity contribution is -0.126. The number of rotatable bonds is 7. The first-order chi connectivity index (χ1) is 15.1. The molecule has 2 aliphatic rings. The third-order valence-electron chi connectivity index (χ3n) is 6.53. The Morgan fingerprint density at radius 1 is 1.06 bits per heavy atom. The maximum Gasteiger partial charge on any atom is 0.223 e. The van der Waals surface area contributed by atoms with E-state index in [2.05, 4.69) is 39.4 Å². The van der Waals surface area contributed by atoms with Crippen LogP contribution in [0.2, 0.25) is 5.02 Å². The average Bonchev–Trinajstić information content (AvgIpc) is 2.79. The Hall–Kier alpha value is -1.95. The normalized spacial score (nSPS) is 18.0. The summed E-state index contributed by atoms with van der Waals surface area (Å²) in [5.41, 5.74) is 3.56. The summed E-state index contributed by atoms with van der Waals surface area (Å²) in [6.07, 6.45) is 3.73. The summed E-state index contributed by atoms with van der Waals surface area (Å²) in [5.74, 6) is -0.0287. The minimum absolute atomic E-state index is 0.0631. The van der Waals surface area contributed by atoms with Gasteiger partial charge in [0.25, 0.3) is 0 Å². The molecule has 0 bridgehead atoms. The molecular formula is C25H31ClFN3O. The molecule has 0 saturated carbocycles. The van der Waals surface area contributed by atoms with Gasteiger partial charge in [0, 0.05) is 49.2 Å². The Morgan fingerprint density at radius 2 is 1.84 bits per heavy atom. The van der Waals surface area contributed by atoms with Crippen LogP contribution in [-0.2, 0) is 24.3 Å². The van der Waals surface area contributed by atoms with Gasteiger partial charge in [0.15, 0.2) is 0 Å². The van der Waals surface area contributed by atoms with E-state index in [1.807, 2.05) is 0 Å². The van der Waals surface area contributed by atoms with Crippen molar-refractivity contribution < 1.29 is 9.18 Å². The lowest BCUT2D eigenvalue weighted by Crippen LogP contribution is -2.41. The number of carbonyl (C=O) groups is 1. The molecule has 0 aliphatic carbocycles. The zero-order valence-corrected chi connectivity index (χ0v) is 18.7. The van der Waals surface area contributed by atoms with Crippen LogP contribution in [0, 0.1) is 11.7 Å². The van der Waals surface area contributed by atoms with Crippen molar-refractivity contribution in [2.75, 3.05) is 32.7 Å². The van der Waals surface area contributed by atoms with Crippen LogP contribution in [0.1, 0.15) is 36.0 Å². The van der Waals surface area contributed by atoms with Gasteiger partial charge >= 0.3 is 0 Å². The Balaban J connectivity index is 1.13. The van der Waals surface area contributed by atoms with Crippen LogP contribution in [0.3, 0.4) is 0 Å². The second-order valence-electron chi connectivity index (χ2n) is 8.73. The predicted molar refractivity (Wildman–Crippen MR) is 122 cm³/mol. The summed E-state index contributed by atoms with van der Waals surface area (Å²) < 4.78 is 14.0. The van der Waals surface area contributed by atoms with Gasteiger partial charge in [0.05, 0.1) is 0 Å². The molecule has 0 radical (unpaired) electrons. The van der Waals surface area contributed by atoms with Gasteiger partial charge in [0.1, 0.15) is 5.82 Å². The number of piperidine rings is 1. The largest absolute Gasteiger partial charge is 0.356 e. The van der Waals surface area contributed by atoms with E-state index in [1.54, 1.807) is 12.1 Å². The van der Waals surface area contributed by atoms with Gasteiger partial charge in [-0.3, -0.25) is 14.6 Å². The van der Waals surface area contributed by atoms with Crippen molar-refractivity contribution in [3.63, 3.8) is 0 Å². The van der Waals surface area contributed by atoms with Crippen LogP contribution >= 0.6 is 11.6 Å². The van der Waals surface area contributed by atoms with E-state index in [1.165, 1.54) is 17.2 Å². The molecule has 2 aromatic carbocycles. The summed E-state index contributed by atoms with van der Waals surface area (Å²) in [6.45, 7) is 6.04. The molecule has 0 spiro atoms. The van der Waals surface area contributed by atoms with Gasteiger partial charge < -0.3 is 5.32 Å². The highest BCUT2D eigenvalue weighted by molar-refractivity contribution is 6.30. The van der Waals surface area contributed by atoms with Crippen LogP contribution in [-0.4, -0.2) is 48.4 Å². The van der Waals surface area contributed by atoms with E-state index in [-0.39, 0.29) is 17.6 Å². The van der Waals surface area contributed by atoms with Gasteiger partial charge in [-0.25, -0.2) is 4.39 Å². The van der Waals surface area contributed by atoms with Crippen LogP contribution in [0.5, 0.6) is 0 Å². The Kier molecular flexibility index (Phi) is 7.59. The Labute approximate surface area is 189 Å². The van der Waals surface area contributed by atoms with E-state index in [0.717, 1.165) is 65.0 Å². The fourth-order valence-corrected chi connectivity index (χ4v) is 4.81. The number of nitrogens with one attached hydrogen (secondary N) is 1. The minimum atomic E-state index is -0.260. The Morgan fingerprint density at radius 3 is 2.61 bits per heavy atom. The predicted octanol–water partition coefficient (Wildman–Crippen LogP) is 4.26. The van der Waals surface area contributed by atoms with Crippen LogP contribution in [0.4, 0.5) is 4.39 Å². The smallest absolute Gasteiger partial charge is 0.223 e.